The second-order valence-corrected chi connectivity index (χ2v) is 6.37. The molecule has 1 amide bonds. The molecule has 0 atom stereocenters. The first-order valence-corrected chi connectivity index (χ1v) is 8.44. The molecule has 130 valence electrons. The molecule has 0 bridgehead atoms. The summed E-state index contributed by atoms with van der Waals surface area (Å²) in [5.74, 6) is 1.18. The van der Waals surface area contributed by atoms with Gasteiger partial charge >= 0.3 is 0 Å². The first-order chi connectivity index (χ1) is 12.0. The van der Waals surface area contributed by atoms with Crippen LogP contribution in [0.15, 0.2) is 33.9 Å². The number of aryl methyl sites for hydroxylation is 1. The van der Waals surface area contributed by atoms with Gasteiger partial charge in [-0.25, -0.2) is 5.10 Å². The smallest absolute Gasteiger partial charge is 0.246 e. The number of anilines is 1. The predicted octanol–water partition coefficient (Wildman–Crippen LogP) is 1.50. The minimum atomic E-state index is -0.108. The van der Waals surface area contributed by atoms with Gasteiger partial charge in [-0.2, -0.15) is 9.97 Å². The molecule has 0 spiro atoms. The van der Waals surface area contributed by atoms with E-state index in [-0.39, 0.29) is 24.2 Å². The summed E-state index contributed by atoms with van der Waals surface area (Å²) in [5.41, 5.74) is 7.43. The third-order valence-corrected chi connectivity index (χ3v) is 4.18. The third kappa shape index (κ3) is 4.35. The number of H-pyrrole nitrogens is 1. The van der Waals surface area contributed by atoms with Gasteiger partial charge in [-0.1, -0.05) is 40.7 Å². The molecule has 3 rings (SSSR count). The third-order valence-electron chi connectivity index (χ3n) is 3.35. The number of amides is 1. The predicted molar refractivity (Wildman–Crippen MR) is 92.5 cm³/mol. The van der Waals surface area contributed by atoms with Gasteiger partial charge in [0.15, 0.2) is 0 Å². The first kappa shape index (κ1) is 17.0. The van der Waals surface area contributed by atoms with Gasteiger partial charge in [-0.3, -0.25) is 4.79 Å². The Morgan fingerprint density at radius 1 is 1.40 bits per heavy atom. The van der Waals surface area contributed by atoms with Gasteiger partial charge in [0.1, 0.15) is 0 Å². The van der Waals surface area contributed by atoms with Crippen molar-refractivity contribution in [3.05, 3.63) is 35.7 Å². The van der Waals surface area contributed by atoms with Gasteiger partial charge < -0.3 is 15.2 Å². The highest BCUT2D eigenvalue weighted by Crippen LogP contribution is 2.18. The van der Waals surface area contributed by atoms with Gasteiger partial charge in [0, 0.05) is 12.6 Å². The summed E-state index contributed by atoms with van der Waals surface area (Å²) in [4.78, 5) is 22.0. The average Bonchev–Trinajstić information content (AvgIpc) is 3.21. The number of carbonyl (C=O) groups is 1. The molecule has 0 aliphatic rings. The zero-order valence-electron chi connectivity index (χ0n) is 13.8. The van der Waals surface area contributed by atoms with E-state index in [0.29, 0.717) is 16.9 Å². The second-order valence-electron chi connectivity index (χ2n) is 5.42. The molecule has 1 aromatic carbocycles. The maximum atomic E-state index is 12.2. The number of thioether (sulfide) groups is 1. The Hall–Kier alpha value is -2.88. The number of nitrogens with one attached hydrogen (secondary N) is 1. The van der Waals surface area contributed by atoms with Crippen molar-refractivity contribution >= 4 is 23.6 Å². The molecule has 0 radical (unpaired) electrons. The molecule has 0 saturated carbocycles. The van der Waals surface area contributed by atoms with Crippen LogP contribution in [0.25, 0.3) is 11.4 Å². The van der Waals surface area contributed by atoms with E-state index >= 15 is 0 Å². The average molecular weight is 359 g/mol. The number of nitrogens with zero attached hydrogens (tertiary/aromatic N) is 5. The minimum Gasteiger partial charge on any atom is -0.368 e. The van der Waals surface area contributed by atoms with Crippen molar-refractivity contribution in [2.75, 3.05) is 18.5 Å². The van der Waals surface area contributed by atoms with Crippen LogP contribution < -0.4 is 5.73 Å². The SMILES string of the molecule is Cc1cccc(-c2noc(CN(C)C(=O)CSc3n[nH]c(N)n3)n2)c1. The van der Waals surface area contributed by atoms with E-state index in [1.54, 1.807) is 7.05 Å². The van der Waals surface area contributed by atoms with E-state index < -0.39 is 0 Å². The largest absolute Gasteiger partial charge is 0.368 e. The zero-order valence-corrected chi connectivity index (χ0v) is 14.6. The van der Waals surface area contributed by atoms with Crippen molar-refractivity contribution in [2.45, 2.75) is 18.6 Å². The van der Waals surface area contributed by atoms with Gasteiger partial charge in [0.05, 0.1) is 12.3 Å². The summed E-state index contributed by atoms with van der Waals surface area (Å²) in [6.07, 6.45) is 0. The van der Waals surface area contributed by atoms with E-state index in [9.17, 15) is 4.79 Å². The van der Waals surface area contributed by atoms with Crippen LogP contribution in [0.3, 0.4) is 0 Å². The molecular weight excluding hydrogens is 342 g/mol. The minimum absolute atomic E-state index is 0.108. The summed E-state index contributed by atoms with van der Waals surface area (Å²) in [6, 6.07) is 7.82. The van der Waals surface area contributed by atoms with E-state index in [1.807, 2.05) is 31.2 Å². The molecule has 0 unspecified atom stereocenters. The standard InChI is InChI=1S/C15H17N7O2S/c1-9-4-3-5-10(6-9)13-17-11(24-21-13)7-22(2)12(23)8-25-15-18-14(16)19-20-15/h3-6H,7-8H2,1-2H3,(H3,16,18,19,20). The van der Waals surface area contributed by atoms with Crippen LogP contribution in [0.5, 0.6) is 0 Å². The van der Waals surface area contributed by atoms with Crippen LogP contribution >= 0.6 is 11.8 Å². The van der Waals surface area contributed by atoms with E-state index in [2.05, 4.69) is 25.3 Å². The zero-order chi connectivity index (χ0) is 17.8. The topological polar surface area (TPSA) is 127 Å². The van der Waals surface area contributed by atoms with Crippen molar-refractivity contribution in [2.24, 2.45) is 0 Å². The molecule has 0 aliphatic heterocycles. The van der Waals surface area contributed by atoms with Crippen molar-refractivity contribution in [3.63, 3.8) is 0 Å². The molecule has 2 aromatic heterocycles. The summed E-state index contributed by atoms with van der Waals surface area (Å²) in [6.45, 7) is 2.23. The van der Waals surface area contributed by atoms with Crippen molar-refractivity contribution in [1.29, 1.82) is 0 Å². The number of hydrogen-bond donors (Lipinski definition) is 2. The Morgan fingerprint density at radius 3 is 2.96 bits per heavy atom. The number of aromatic nitrogens is 5. The fourth-order valence-corrected chi connectivity index (χ4v) is 2.82. The van der Waals surface area contributed by atoms with Crippen LogP contribution in [-0.2, 0) is 11.3 Å². The molecule has 0 aliphatic carbocycles. The Balaban J connectivity index is 1.57. The lowest BCUT2D eigenvalue weighted by molar-refractivity contribution is -0.127. The molecule has 10 heteroatoms. The Morgan fingerprint density at radius 2 is 2.24 bits per heavy atom. The molecule has 3 aromatic rings. The number of nitrogen functional groups attached to an aromatic ring is 1. The monoisotopic (exact) mass is 359 g/mol. The Kier molecular flexibility index (Phi) is 4.98. The maximum absolute atomic E-state index is 12.2. The highest BCUT2D eigenvalue weighted by Gasteiger charge is 2.16. The number of carbonyl (C=O) groups excluding carboxylic acids is 1. The first-order valence-electron chi connectivity index (χ1n) is 7.45. The lowest BCUT2D eigenvalue weighted by Gasteiger charge is -2.13. The quantitative estimate of drug-likeness (QED) is 0.634. The summed E-state index contributed by atoms with van der Waals surface area (Å²) in [5, 5.41) is 10.8. The van der Waals surface area contributed by atoms with Crippen LogP contribution in [0.2, 0.25) is 0 Å². The van der Waals surface area contributed by atoms with Crippen LogP contribution in [0.4, 0.5) is 5.95 Å². The molecule has 25 heavy (non-hydrogen) atoms. The Labute approximate surface area is 148 Å². The molecule has 9 nitrogen and oxygen atoms in total. The molecule has 0 saturated heterocycles. The van der Waals surface area contributed by atoms with Gasteiger partial charge in [-0.05, 0) is 13.0 Å². The molecule has 0 fully saturated rings. The highest BCUT2D eigenvalue weighted by molar-refractivity contribution is 7.99. The fraction of sp³-hybridized carbons (Fsp3) is 0.267. The summed E-state index contributed by atoms with van der Waals surface area (Å²) < 4.78 is 5.24. The van der Waals surface area contributed by atoms with Crippen LogP contribution in [-0.4, -0.2) is 48.9 Å². The van der Waals surface area contributed by atoms with Crippen molar-refractivity contribution in [1.82, 2.24) is 30.2 Å². The lowest BCUT2D eigenvalue weighted by Crippen LogP contribution is -2.28. The number of benzene rings is 1. The normalized spacial score (nSPS) is 10.8. The lowest BCUT2D eigenvalue weighted by atomic mass is 10.1. The van der Waals surface area contributed by atoms with Gasteiger partial charge in [0.25, 0.3) is 0 Å². The number of rotatable bonds is 6. The van der Waals surface area contributed by atoms with Crippen molar-refractivity contribution < 1.29 is 9.32 Å². The van der Waals surface area contributed by atoms with Gasteiger partial charge in [-0.15, -0.1) is 5.10 Å². The number of hydrogen-bond acceptors (Lipinski definition) is 8. The van der Waals surface area contributed by atoms with Crippen LogP contribution in [0.1, 0.15) is 11.5 Å². The Bertz CT molecular complexity index is 876. The number of nitrogens with two attached hydrogens (primary N) is 1. The van der Waals surface area contributed by atoms with Crippen LogP contribution in [0, 0.1) is 6.92 Å². The molecular formula is C15H17N7O2S. The van der Waals surface area contributed by atoms with E-state index in [0.717, 1.165) is 11.1 Å². The molecule has 3 N–H and O–H groups in total. The van der Waals surface area contributed by atoms with Crippen molar-refractivity contribution in [3.8, 4) is 11.4 Å². The van der Waals surface area contributed by atoms with E-state index in [4.69, 9.17) is 10.3 Å². The maximum Gasteiger partial charge on any atom is 0.246 e. The van der Waals surface area contributed by atoms with Gasteiger partial charge in [0.2, 0.25) is 28.7 Å². The fourth-order valence-electron chi connectivity index (χ4n) is 2.07. The second kappa shape index (κ2) is 7.34. The summed E-state index contributed by atoms with van der Waals surface area (Å²) in [7, 11) is 1.67. The summed E-state index contributed by atoms with van der Waals surface area (Å²) >= 11 is 1.20. The number of aromatic amines is 1. The highest BCUT2D eigenvalue weighted by atomic mass is 32.2. The van der Waals surface area contributed by atoms with E-state index in [1.165, 1.54) is 16.7 Å². The molecule has 2 heterocycles.